The molecule has 26 heavy (non-hydrogen) atoms. The number of aliphatic carboxylic acids is 1. The predicted octanol–water partition coefficient (Wildman–Crippen LogP) is 5.15. The number of hydrogen-bond donors (Lipinski definition) is 1. The van der Waals surface area contributed by atoms with E-state index in [1.165, 1.54) is 0 Å². The maximum Gasteiger partial charge on any atom is 0.303 e. The maximum absolute atomic E-state index is 10.6. The van der Waals surface area contributed by atoms with Crippen molar-refractivity contribution in [1.82, 2.24) is 4.98 Å². The van der Waals surface area contributed by atoms with Crippen LogP contribution in [0.15, 0.2) is 70.2 Å². The van der Waals surface area contributed by atoms with Crippen LogP contribution >= 0.6 is 11.8 Å². The van der Waals surface area contributed by atoms with E-state index in [1.54, 1.807) is 18.0 Å². The Kier molecular flexibility index (Phi) is 6.28. The van der Waals surface area contributed by atoms with Gasteiger partial charge in [-0.3, -0.25) is 4.79 Å². The van der Waals surface area contributed by atoms with Gasteiger partial charge in [-0.2, -0.15) is 0 Å². The second-order valence-electron chi connectivity index (χ2n) is 5.75. The lowest BCUT2D eigenvalue weighted by molar-refractivity contribution is -0.136. The van der Waals surface area contributed by atoms with E-state index in [0.29, 0.717) is 12.3 Å². The average molecular weight is 365 g/mol. The molecule has 4 nitrogen and oxygen atoms in total. The topological polar surface area (TPSA) is 63.3 Å². The zero-order valence-corrected chi connectivity index (χ0v) is 15.0. The standard InChI is InChI=1S/C21H19NO3S/c23-21(24)13-9-17-6-10-19(11-7-17)26-15-18-14-25-20(22-18)12-8-16-4-2-1-3-5-16/h1-8,10-12,14H,9,13,15H2,(H,23,24). The molecule has 2 aromatic carbocycles. The number of carboxylic acid groups (broad SMARTS) is 1. The van der Waals surface area contributed by atoms with Crippen LogP contribution in [0, 0.1) is 0 Å². The van der Waals surface area contributed by atoms with Crippen LogP contribution in [0.25, 0.3) is 12.2 Å². The summed E-state index contributed by atoms with van der Waals surface area (Å²) in [7, 11) is 0. The summed E-state index contributed by atoms with van der Waals surface area (Å²) in [5.74, 6) is 0.539. The quantitative estimate of drug-likeness (QED) is 0.559. The number of oxazole rings is 1. The summed E-state index contributed by atoms with van der Waals surface area (Å²) in [4.78, 5) is 16.2. The first-order valence-electron chi connectivity index (χ1n) is 8.30. The molecule has 3 aromatic rings. The van der Waals surface area contributed by atoms with Crippen molar-refractivity contribution < 1.29 is 14.3 Å². The molecule has 0 spiro atoms. The highest BCUT2D eigenvalue weighted by atomic mass is 32.2. The minimum atomic E-state index is -0.772. The van der Waals surface area contributed by atoms with Gasteiger partial charge in [-0.25, -0.2) is 4.98 Å². The molecule has 1 heterocycles. The van der Waals surface area contributed by atoms with Crippen LogP contribution in [0.1, 0.15) is 29.1 Å². The fraction of sp³-hybridized carbons (Fsp3) is 0.143. The number of carboxylic acids is 1. The van der Waals surface area contributed by atoms with E-state index >= 15 is 0 Å². The lowest BCUT2D eigenvalue weighted by atomic mass is 10.1. The van der Waals surface area contributed by atoms with Gasteiger partial charge in [-0.05, 0) is 35.8 Å². The molecule has 0 aliphatic carbocycles. The molecule has 0 fully saturated rings. The van der Waals surface area contributed by atoms with Crippen molar-refractivity contribution in [2.24, 2.45) is 0 Å². The van der Waals surface area contributed by atoms with E-state index < -0.39 is 5.97 Å². The molecule has 0 saturated carbocycles. The highest BCUT2D eigenvalue weighted by molar-refractivity contribution is 7.98. The fourth-order valence-corrected chi connectivity index (χ4v) is 3.13. The third-order valence-corrected chi connectivity index (χ3v) is 4.77. The predicted molar refractivity (Wildman–Crippen MR) is 104 cm³/mol. The molecule has 0 amide bonds. The number of nitrogens with zero attached hydrogens (tertiary/aromatic N) is 1. The number of carbonyl (C=O) groups is 1. The molecular weight excluding hydrogens is 346 g/mol. The molecule has 0 radical (unpaired) electrons. The Balaban J connectivity index is 1.51. The SMILES string of the molecule is O=C(O)CCc1ccc(SCc2coc(C=Cc3ccccc3)n2)cc1. The van der Waals surface area contributed by atoms with Gasteiger partial charge in [0.2, 0.25) is 5.89 Å². The smallest absolute Gasteiger partial charge is 0.303 e. The minimum Gasteiger partial charge on any atom is -0.481 e. The summed E-state index contributed by atoms with van der Waals surface area (Å²) < 4.78 is 5.48. The number of rotatable bonds is 8. The molecule has 1 N–H and O–H groups in total. The van der Waals surface area contributed by atoms with Gasteiger partial charge in [-0.1, -0.05) is 42.5 Å². The molecule has 1 aromatic heterocycles. The van der Waals surface area contributed by atoms with Gasteiger partial charge in [-0.15, -0.1) is 11.8 Å². The van der Waals surface area contributed by atoms with Gasteiger partial charge in [0.1, 0.15) is 6.26 Å². The van der Waals surface area contributed by atoms with Crippen LogP contribution < -0.4 is 0 Å². The van der Waals surface area contributed by atoms with Crippen LogP contribution in [0.4, 0.5) is 0 Å². The lowest BCUT2D eigenvalue weighted by Gasteiger charge is -2.02. The molecule has 0 bridgehead atoms. The van der Waals surface area contributed by atoms with Gasteiger partial charge in [0.25, 0.3) is 0 Å². The molecular formula is C21H19NO3S. The van der Waals surface area contributed by atoms with E-state index in [-0.39, 0.29) is 6.42 Å². The number of thioether (sulfide) groups is 1. The fourth-order valence-electron chi connectivity index (χ4n) is 2.36. The molecule has 5 heteroatoms. The van der Waals surface area contributed by atoms with Gasteiger partial charge in [0.05, 0.1) is 5.69 Å². The summed E-state index contributed by atoms with van der Waals surface area (Å²) in [5, 5.41) is 8.72. The number of hydrogen-bond acceptors (Lipinski definition) is 4. The third-order valence-electron chi connectivity index (χ3n) is 3.73. The highest BCUT2D eigenvalue weighted by Crippen LogP contribution is 2.23. The number of aromatic nitrogens is 1. The third kappa shape index (κ3) is 5.63. The molecule has 3 rings (SSSR count). The van der Waals surface area contributed by atoms with Crippen molar-refractivity contribution in [2.45, 2.75) is 23.5 Å². The molecule has 0 atom stereocenters. The van der Waals surface area contributed by atoms with Crippen LogP contribution in [-0.2, 0) is 17.0 Å². The Morgan fingerprint density at radius 3 is 2.58 bits per heavy atom. The summed E-state index contributed by atoms with van der Waals surface area (Å²) in [6.07, 6.45) is 6.23. The van der Waals surface area contributed by atoms with Gasteiger partial charge in [0.15, 0.2) is 0 Å². The van der Waals surface area contributed by atoms with Crippen molar-refractivity contribution in [3.8, 4) is 0 Å². The van der Waals surface area contributed by atoms with Crippen molar-refractivity contribution in [2.75, 3.05) is 0 Å². The van der Waals surface area contributed by atoms with Crippen LogP contribution in [0.2, 0.25) is 0 Å². The van der Waals surface area contributed by atoms with Crippen LogP contribution in [-0.4, -0.2) is 16.1 Å². The van der Waals surface area contributed by atoms with Crippen molar-refractivity contribution in [3.63, 3.8) is 0 Å². The van der Waals surface area contributed by atoms with E-state index in [9.17, 15) is 4.79 Å². The van der Waals surface area contributed by atoms with Crippen LogP contribution in [0.3, 0.4) is 0 Å². The van der Waals surface area contributed by atoms with Crippen LogP contribution in [0.5, 0.6) is 0 Å². The maximum atomic E-state index is 10.6. The summed E-state index contributed by atoms with van der Waals surface area (Å²) in [5.41, 5.74) is 3.02. The van der Waals surface area contributed by atoms with Crippen molar-refractivity contribution in [3.05, 3.63) is 83.6 Å². The van der Waals surface area contributed by atoms with Gasteiger partial charge in [0, 0.05) is 23.1 Å². The zero-order valence-electron chi connectivity index (χ0n) is 14.2. The Morgan fingerprint density at radius 2 is 1.85 bits per heavy atom. The summed E-state index contributed by atoms with van der Waals surface area (Å²) in [6.45, 7) is 0. The Hall–Kier alpha value is -2.79. The normalized spacial score (nSPS) is 11.1. The number of benzene rings is 2. The molecule has 0 unspecified atom stereocenters. The first-order chi connectivity index (χ1) is 12.7. The van der Waals surface area contributed by atoms with Gasteiger partial charge >= 0.3 is 5.97 Å². The first kappa shape index (κ1) is 18.0. The molecule has 0 saturated heterocycles. The van der Waals surface area contributed by atoms with E-state index in [4.69, 9.17) is 9.52 Å². The minimum absolute atomic E-state index is 0.157. The van der Waals surface area contributed by atoms with E-state index in [1.807, 2.05) is 66.7 Å². The van der Waals surface area contributed by atoms with Crippen molar-refractivity contribution in [1.29, 1.82) is 0 Å². The molecule has 0 aliphatic rings. The zero-order chi connectivity index (χ0) is 18.2. The Labute approximate surface area is 156 Å². The second kappa shape index (κ2) is 9.06. The van der Waals surface area contributed by atoms with E-state index in [0.717, 1.165) is 27.5 Å². The highest BCUT2D eigenvalue weighted by Gasteiger charge is 2.04. The monoisotopic (exact) mass is 365 g/mol. The molecule has 0 aliphatic heterocycles. The summed E-state index contributed by atoms with van der Waals surface area (Å²) >= 11 is 1.67. The lowest BCUT2D eigenvalue weighted by Crippen LogP contribution is -1.97. The van der Waals surface area contributed by atoms with Crippen molar-refractivity contribution >= 4 is 29.9 Å². The Morgan fingerprint density at radius 1 is 1.08 bits per heavy atom. The second-order valence-corrected chi connectivity index (χ2v) is 6.80. The summed E-state index contributed by atoms with van der Waals surface area (Å²) in [6, 6.07) is 18.0. The number of aryl methyl sites for hydroxylation is 1. The van der Waals surface area contributed by atoms with E-state index in [2.05, 4.69) is 4.98 Å². The first-order valence-corrected chi connectivity index (χ1v) is 9.29. The Bertz CT molecular complexity index is 870. The molecule has 132 valence electrons. The van der Waals surface area contributed by atoms with Gasteiger partial charge < -0.3 is 9.52 Å². The average Bonchev–Trinajstić information content (AvgIpc) is 3.12. The largest absolute Gasteiger partial charge is 0.481 e.